The molecular weight excluding hydrogens is 174 g/mol. The van der Waals surface area contributed by atoms with Gasteiger partial charge in [-0.3, -0.25) is 0 Å². The molecule has 1 fully saturated rings. The summed E-state index contributed by atoms with van der Waals surface area (Å²) in [5.74, 6) is 0. The standard InChI is InChI=1S/C11H25N3/c1-4-12-7-10-14-8-5-11(6-9-14)13(2)3/h11-12H,4-10H2,1-3H3. The van der Waals surface area contributed by atoms with E-state index in [1.807, 2.05) is 0 Å². The van der Waals surface area contributed by atoms with Crippen molar-refractivity contribution < 1.29 is 0 Å². The van der Waals surface area contributed by atoms with Crippen LogP contribution < -0.4 is 5.32 Å². The highest BCUT2D eigenvalue weighted by molar-refractivity contribution is 4.76. The molecule has 0 aromatic carbocycles. The summed E-state index contributed by atoms with van der Waals surface area (Å²) < 4.78 is 0. The zero-order valence-electron chi connectivity index (χ0n) is 9.92. The molecule has 1 N–H and O–H groups in total. The van der Waals surface area contributed by atoms with Gasteiger partial charge in [0.15, 0.2) is 0 Å². The van der Waals surface area contributed by atoms with Gasteiger partial charge >= 0.3 is 0 Å². The third-order valence-corrected chi connectivity index (χ3v) is 3.14. The van der Waals surface area contributed by atoms with Crippen LogP contribution in [0.3, 0.4) is 0 Å². The maximum atomic E-state index is 3.38. The number of hydrogen-bond acceptors (Lipinski definition) is 3. The van der Waals surface area contributed by atoms with E-state index in [4.69, 9.17) is 0 Å². The van der Waals surface area contributed by atoms with E-state index < -0.39 is 0 Å². The Hall–Kier alpha value is -0.120. The molecular formula is C11H25N3. The summed E-state index contributed by atoms with van der Waals surface area (Å²) in [5.41, 5.74) is 0. The molecule has 0 aromatic heterocycles. The molecule has 0 atom stereocenters. The van der Waals surface area contributed by atoms with E-state index in [0.717, 1.165) is 19.1 Å². The summed E-state index contributed by atoms with van der Waals surface area (Å²) in [5, 5.41) is 3.38. The average Bonchev–Trinajstić information content (AvgIpc) is 2.19. The Balaban J connectivity index is 2.09. The van der Waals surface area contributed by atoms with E-state index in [1.54, 1.807) is 0 Å². The molecule has 84 valence electrons. The molecule has 0 amide bonds. The second kappa shape index (κ2) is 6.38. The van der Waals surface area contributed by atoms with Crippen molar-refractivity contribution in [1.29, 1.82) is 0 Å². The van der Waals surface area contributed by atoms with Gasteiger partial charge in [-0.15, -0.1) is 0 Å². The highest BCUT2D eigenvalue weighted by atomic mass is 15.2. The third kappa shape index (κ3) is 3.95. The van der Waals surface area contributed by atoms with Gasteiger partial charge in [0.1, 0.15) is 0 Å². The number of hydrogen-bond donors (Lipinski definition) is 1. The van der Waals surface area contributed by atoms with E-state index in [2.05, 4.69) is 36.1 Å². The highest BCUT2D eigenvalue weighted by Crippen LogP contribution is 2.13. The molecule has 0 radical (unpaired) electrons. The summed E-state index contributed by atoms with van der Waals surface area (Å²) in [6.45, 7) is 8.16. The number of rotatable bonds is 5. The molecule has 3 nitrogen and oxygen atoms in total. The van der Waals surface area contributed by atoms with Crippen molar-refractivity contribution in [2.45, 2.75) is 25.8 Å². The quantitative estimate of drug-likeness (QED) is 0.655. The van der Waals surface area contributed by atoms with Crippen LogP contribution >= 0.6 is 0 Å². The van der Waals surface area contributed by atoms with E-state index in [1.165, 1.54) is 32.5 Å². The predicted octanol–water partition coefficient (Wildman–Crippen LogP) is 0.622. The number of likely N-dealkylation sites (N-methyl/N-ethyl adjacent to an activating group) is 1. The van der Waals surface area contributed by atoms with Gasteiger partial charge in [0.25, 0.3) is 0 Å². The van der Waals surface area contributed by atoms with Crippen molar-refractivity contribution in [3.05, 3.63) is 0 Å². The fourth-order valence-corrected chi connectivity index (χ4v) is 2.07. The van der Waals surface area contributed by atoms with Crippen LogP contribution in [0.25, 0.3) is 0 Å². The van der Waals surface area contributed by atoms with Gasteiger partial charge in [-0.05, 0) is 46.6 Å². The molecule has 1 aliphatic rings. The molecule has 14 heavy (non-hydrogen) atoms. The molecule has 0 aromatic rings. The van der Waals surface area contributed by atoms with Crippen LogP contribution in [0.2, 0.25) is 0 Å². The van der Waals surface area contributed by atoms with Gasteiger partial charge < -0.3 is 15.1 Å². The first-order chi connectivity index (χ1) is 6.74. The highest BCUT2D eigenvalue weighted by Gasteiger charge is 2.19. The van der Waals surface area contributed by atoms with Crippen LogP contribution in [0.4, 0.5) is 0 Å². The molecule has 1 heterocycles. The number of nitrogens with zero attached hydrogens (tertiary/aromatic N) is 2. The summed E-state index contributed by atoms with van der Waals surface area (Å²) in [6.07, 6.45) is 2.66. The van der Waals surface area contributed by atoms with Crippen molar-refractivity contribution in [3.8, 4) is 0 Å². The van der Waals surface area contributed by atoms with Crippen LogP contribution in [-0.4, -0.2) is 62.7 Å². The molecule has 0 aliphatic carbocycles. The van der Waals surface area contributed by atoms with Crippen LogP contribution in [-0.2, 0) is 0 Å². The number of piperidine rings is 1. The molecule has 1 saturated heterocycles. The minimum atomic E-state index is 0.811. The Bertz CT molecular complexity index is 139. The minimum Gasteiger partial charge on any atom is -0.316 e. The first kappa shape index (κ1) is 12.0. The van der Waals surface area contributed by atoms with Gasteiger partial charge in [-0.25, -0.2) is 0 Å². The van der Waals surface area contributed by atoms with E-state index >= 15 is 0 Å². The fourth-order valence-electron chi connectivity index (χ4n) is 2.07. The first-order valence-corrected chi connectivity index (χ1v) is 5.83. The lowest BCUT2D eigenvalue weighted by Gasteiger charge is -2.35. The third-order valence-electron chi connectivity index (χ3n) is 3.14. The summed E-state index contributed by atoms with van der Waals surface area (Å²) in [4.78, 5) is 4.93. The maximum Gasteiger partial charge on any atom is 0.0113 e. The zero-order valence-corrected chi connectivity index (χ0v) is 9.92. The van der Waals surface area contributed by atoms with Crippen molar-refractivity contribution in [2.75, 3.05) is 46.8 Å². The van der Waals surface area contributed by atoms with Crippen molar-refractivity contribution >= 4 is 0 Å². The Labute approximate surface area is 88.5 Å². The van der Waals surface area contributed by atoms with E-state index in [-0.39, 0.29) is 0 Å². The van der Waals surface area contributed by atoms with Gasteiger partial charge in [-0.1, -0.05) is 6.92 Å². The second-order valence-electron chi connectivity index (χ2n) is 4.39. The molecule has 1 aliphatic heterocycles. The van der Waals surface area contributed by atoms with Gasteiger partial charge in [0.2, 0.25) is 0 Å². The van der Waals surface area contributed by atoms with Gasteiger partial charge in [0, 0.05) is 19.1 Å². The summed E-state index contributed by atoms with van der Waals surface area (Å²) in [6, 6.07) is 0.811. The second-order valence-corrected chi connectivity index (χ2v) is 4.39. The normalized spacial score (nSPS) is 20.6. The van der Waals surface area contributed by atoms with E-state index in [0.29, 0.717) is 0 Å². The van der Waals surface area contributed by atoms with Crippen LogP contribution in [0.5, 0.6) is 0 Å². The summed E-state index contributed by atoms with van der Waals surface area (Å²) >= 11 is 0. The largest absolute Gasteiger partial charge is 0.316 e. The molecule has 0 bridgehead atoms. The van der Waals surface area contributed by atoms with Crippen molar-refractivity contribution in [3.63, 3.8) is 0 Å². The lowest BCUT2D eigenvalue weighted by atomic mass is 10.0. The lowest BCUT2D eigenvalue weighted by Crippen LogP contribution is -2.43. The average molecular weight is 199 g/mol. The Morgan fingerprint density at radius 1 is 1.29 bits per heavy atom. The predicted molar refractivity (Wildman–Crippen MR) is 61.7 cm³/mol. The number of likely N-dealkylation sites (tertiary alicyclic amines) is 1. The maximum absolute atomic E-state index is 3.38. The molecule has 0 spiro atoms. The van der Waals surface area contributed by atoms with Gasteiger partial charge in [0.05, 0.1) is 0 Å². The van der Waals surface area contributed by atoms with Crippen molar-refractivity contribution in [1.82, 2.24) is 15.1 Å². The van der Waals surface area contributed by atoms with Crippen LogP contribution in [0, 0.1) is 0 Å². The van der Waals surface area contributed by atoms with Gasteiger partial charge in [-0.2, -0.15) is 0 Å². The smallest absolute Gasteiger partial charge is 0.0113 e. The van der Waals surface area contributed by atoms with Crippen molar-refractivity contribution in [2.24, 2.45) is 0 Å². The first-order valence-electron chi connectivity index (χ1n) is 5.83. The number of nitrogens with one attached hydrogen (secondary N) is 1. The lowest BCUT2D eigenvalue weighted by molar-refractivity contribution is 0.146. The minimum absolute atomic E-state index is 0.811. The Morgan fingerprint density at radius 2 is 1.93 bits per heavy atom. The molecule has 1 rings (SSSR count). The summed E-state index contributed by atoms with van der Waals surface area (Å²) in [7, 11) is 4.39. The van der Waals surface area contributed by atoms with E-state index in [9.17, 15) is 0 Å². The SMILES string of the molecule is CCNCCN1CCC(N(C)C)CC1. The Morgan fingerprint density at radius 3 is 2.43 bits per heavy atom. The Kier molecular flexibility index (Phi) is 5.45. The molecule has 3 heteroatoms. The fraction of sp³-hybridized carbons (Fsp3) is 1.00. The molecule has 0 saturated carbocycles. The molecule has 0 unspecified atom stereocenters. The monoisotopic (exact) mass is 199 g/mol. The topological polar surface area (TPSA) is 18.5 Å². The zero-order chi connectivity index (χ0) is 10.4. The van der Waals surface area contributed by atoms with Crippen LogP contribution in [0.1, 0.15) is 19.8 Å². The van der Waals surface area contributed by atoms with Crippen LogP contribution in [0.15, 0.2) is 0 Å².